The molecule has 0 saturated carbocycles. The molecular weight excluding hydrogens is 653 g/mol. The van der Waals surface area contributed by atoms with Crippen molar-refractivity contribution in [2.75, 3.05) is 24.7 Å². The summed E-state index contributed by atoms with van der Waals surface area (Å²) < 4.78 is 78.0. The lowest BCUT2D eigenvalue weighted by molar-refractivity contribution is -0.0619. The fraction of sp³-hybridized carbons (Fsp3) is 0.500. The number of anilines is 2. The summed E-state index contributed by atoms with van der Waals surface area (Å²) in [5, 5.41) is 11.1. The lowest BCUT2D eigenvalue weighted by Gasteiger charge is -2.26. The maximum absolute atomic E-state index is 15.9. The van der Waals surface area contributed by atoms with Gasteiger partial charge in [-0.1, -0.05) is 12.2 Å². The Morgan fingerprint density at radius 1 is 0.841 bits per heavy atom. The minimum absolute atomic E-state index is 0.0302. The van der Waals surface area contributed by atoms with Crippen LogP contribution in [0.4, 0.5) is 16.0 Å². The molecule has 3 saturated heterocycles. The van der Waals surface area contributed by atoms with Gasteiger partial charge in [0.25, 0.3) is 0 Å². The molecule has 4 aromatic heterocycles. The smallest absolute Gasteiger partial charge is 0.387 e. The van der Waals surface area contributed by atoms with Crippen LogP contribution in [0.5, 0.6) is 0 Å². The Morgan fingerprint density at radius 3 is 2.05 bits per heavy atom. The van der Waals surface area contributed by atoms with Crippen LogP contribution >= 0.6 is 26.9 Å². The molecule has 6 unspecified atom stereocenters. The van der Waals surface area contributed by atoms with Crippen LogP contribution in [-0.2, 0) is 36.7 Å². The molecule has 0 aliphatic carbocycles. The standard InChI is InChI=1S/C20H23FN10O10P2S/c21-9-13-8(39-19(9)30-5-28-10-15(22)24-3-26-17(10)30)2-37-43(35,44)41-14-12(32)7(1-36-42(33,34)40-13)38-20(14)31-6-29-11-16(23)25-4-27-18(11)31/h3-9,12-14,19-20,32H,1-2H2,(H,33,34)(H,35,44)(H2,22,24,26)(H2,23,25,27)/t7-,8-,9?,12?,13?,14?,19-,20?,43+/m1/s1. The molecule has 3 aliphatic heterocycles. The van der Waals surface area contributed by atoms with E-state index in [1.54, 1.807) is 0 Å². The van der Waals surface area contributed by atoms with Gasteiger partial charge >= 0.3 is 14.6 Å². The largest absolute Gasteiger partial charge is 0.472 e. The van der Waals surface area contributed by atoms with Gasteiger partial charge in [0.2, 0.25) is 0 Å². The number of aliphatic hydroxyl groups is 1. The molecule has 0 spiro atoms. The van der Waals surface area contributed by atoms with Crippen molar-refractivity contribution in [1.29, 1.82) is 0 Å². The summed E-state index contributed by atoms with van der Waals surface area (Å²) in [5.74, 6) is 0.0891. The summed E-state index contributed by atoms with van der Waals surface area (Å²) >= 11 is 4.04. The Bertz CT molecular complexity index is 1830. The molecule has 6 N–H and O–H groups in total. The van der Waals surface area contributed by atoms with Gasteiger partial charge in [0.05, 0.1) is 25.9 Å². The zero-order valence-electron chi connectivity index (χ0n) is 22.0. The normalized spacial score (nSPS) is 38.3. The molecule has 0 radical (unpaired) electrons. The molecule has 2 bridgehead atoms. The van der Waals surface area contributed by atoms with Gasteiger partial charge in [-0.2, -0.15) is 0 Å². The van der Waals surface area contributed by atoms with E-state index in [0.29, 0.717) is 0 Å². The molecule has 0 aromatic carbocycles. The number of rotatable bonds is 2. The number of aromatic nitrogens is 8. The number of ether oxygens (including phenoxy) is 2. The average molecular weight is 676 g/mol. The molecule has 3 aliphatic rings. The van der Waals surface area contributed by atoms with Gasteiger partial charge in [0.1, 0.15) is 54.2 Å². The van der Waals surface area contributed by atoms with Crippen molar-refractivity contribution in [3.63, 3.8) is 0 Å². The Balaban J connectivity index is 1.20. The molecule has 44 heavy (non-hydrogen) atoms. The van der Waals surface area contributed by atoms with Crippen molar-refractivity contribution < 1.29 is 51.1 Å². The molecule has 0 amide bonds. The number of alkyl halides is 1. The summed E-state index contributed by atoms with van der Waals surface area (Å²) in [7, 11) is -5.06. The Hall–Kier alpha value is -2.88. The van der Waals surface area contributed by atoms with Crippen LogP contribution in [0, 0.1) is 0 Å². The van der Waals surface area contributed by atoms with E-state index in [2.05, 4.69) is 42.2 Å². The highest BCUT2D eigenvalue weighted by Gasteiger charge is 2.54. The predicted molar refractivity (Wildman–Crippen MR) is 146 cm³/mol. The van der Waals surface area contributed by atoms with Crippen LogP contribution in [0.2, 0.25) is 0 Å². The van der Waals surface area contributed by atoms with E-state index in [1.807, 2.05) is 0 Å². The number of nitrogens with two attached hydrogens (primary N) is 2. The molecule has 236 valence electrons. The van der Waals surface area contributed by atoms with Gasteiger partial charge in [0, 0.05) is 0 Å². The van der Waals surface area contributed by atoms with E-state index in [9.17, 15) is 19.1 Å². The number of phosphoric ester groups is 1. The fourth-order valence-corrected chi connectivity index (χ4v) is 7.60. The number of imidazole rings is 2. The van der Waals surface area contributed by atoms with Crippen LogP contribution in [0.1, 0.15) is 12.5 Å². The first-order valence-electron chi connectivity index (χ1n) is 12.7. The Kier molecular flexibility index (Phi) is 7.37. The second kappa shape index (κ2) is 10.9. The number of thiol groups is 1. The number of phosphoric acid groups is 1. The lowest BCUT2D eigenvalue weighted by atomic mass is 10.1. The molecule has 7 heterocycles. The van der Waals surface area contributed by atoms with Gasteiger partial charge in [-0.25, -0.2) is 43.4 Å². The third-order valence-electron chi connectivity index (χ3n) is 7.22. The van der Waals surface area contributed by atoms with E-state index >= 15 is 4.39 Å². The predicted octanol–water partition coefficient (Wildman–Crippen LogP) is 0.280. The second-order valence-corrected chi connectivity index (χ2v) is 14.2. The third kappa shape index (κ3) is 5.14. The summed E-state index contributed by atoms with van der Waals surface area (Å²) in [6.45, 7) is -5.84. The molecule has 7 rings (SSSR count). The van der Waals surface area contributed by atoms with Crippen molar-refractivity contribution in [2.24, 2.45) is 0 Å². The first-order valence-corrected chi connectivity index (χ1v) is 16.9. The summed E-state index contributed by atoms with van der Waals surface area (Å²) in [4.78, 5) is 34.7. The zero-order valence-corrected chi connectivity index (χ0v) is 24.6. The number of aliphatic hydroxyl groups excluding tert-OH is 1. The van der Waals surface area contributed by atoms with Crippen molar-refractivity contribution in [3.8, 4) is 0 Å². The molecule has 4 aromatic rings. The molecule has 10 atom stereocenters. The lowest BCUT2D eigenvalue weighted by Crippen LogP contribution is -2.35. The van der Waals surface area contributed by atoms with Gasteiger partial charge in [0.15, 0.2) is 41.6 Å². The number of nitrogens with zero attached hydrogens (tertiary/aromatic N) is 8. The number of halogens is 1. The van der Waals surface area contributed by atoms with Crippen LogP contribution in [-0.4, -0.2) is 98.9 Å². The Labute approximate surface area is 250 Å². The average Bonchev–Trinajstić information content (AvgIpc) is 3.73. The minimum atomic E-state index is -5.06. The molecular formula is C20H23FN10O10P2S. The van der Waals surface area contributed by atoms with E-state index in [0.717, 1.165) is 6.33 Å². The zero-order chi connectivity index (χ0) is 31.0. The number of fused-ring (bicyclic) bond motifs is 5. The topological polar surface area (TPSA) is 269 Å². The van der Waals surface area contributed by atoms with Crippen molar-refractivity contribution in [1.82, 2.24) is 39.0 Å². The third-order valence-corrected chi connectivity index (χ3v) is 9.82. The first-order chi connectivity index (χ1) is 20.9. The van der Waals surface area contributed by atoms with Crippen LogP contribution in [0.3, 0.4) is 0 Å². The second-order valence-electron chi connectivity index (χ2n) is 9.90. The Morgan fingerprint density at radius 2 is 1.41 bits per heavy atom. The van der Waals surface area contributed by atoms with Crippen molar-refractivity contribution in [2.45, 2.75) is 49.1 Å². The number of nitrogen functional groups attached to an aromatic ring is 2. The minimum Gasteiger partial charge on any atom is -0.387 e. The SMILES string of the molecule is Nc1ncnc2c1ncn2C1O[C@@H]2COP(=O)(O)OC3C(F)[C@H](n4cnc5c(N)ncnc54)O[C@@H]3CO[P@](=O)(S)OC1C2O. The van der Waals surface area contributed by atoms with Crippen LogP contribution in [0.15, 0.2) is 25.3 Å². The van der Waals surface area contributed by atoms with E-state index in [1.165, 1.54) is 28.1 Å². The maximum Gasteiger partial charge on any atom is 0.472 e. The quantitative estimate of drug-likeness (QED) is 0.141. The van der Waals surface area contributed by atoms with Gasteiger partial charge in [-0.3, -0.25) is 27.2 Å². The maximum atomic E-state index is 15.9. The van der Waals surface area contributed by atoms with Crippen LogP contribution in [0.25, 0.3) is 22.3 Å². The van der Waals surface area contributed by atoms with Crippen molar-refractivity contribution >= 4 is 60.8 Å². The first kappa shape index (κ1) is 29.8. The number of hydrogen-bond acceptors (Lipinski definition) is 17. The highest BCUT2D eigenvalue weighted by molar-refractivity contribution is 8.44. The van der Waals surface area contributed by atoms with E-state index in [4.69, 9.17) is 39.0 Å². The van der Waals surface area contributed by atoms with Gasteiger partial charge in [-0.05, 0) is 0 Å². The van der Waals surface area contributed by atoms with Crippen molar-refractivity contribution in [3.05, 3.63) is 25.3 Å². The molecule has 24 heteroatoms. The molecule has 3 fully saturated rings. The van der Waals surface area contributed by atoms with E-state index < -0.39 is 77.0 Å². The summed E-state index contributed by atoms with van der Waals surface area (Å²) in [5.41, 5.74) is 12.4. The molecule has 20 nitrogen and oxygen atoms in total. The number of hydrogen-bond donors (Lipinski definition) is 5. The summed E-state index contributed by atoms with van der Waals surface area (Å²) in [6.07, 6.45) is -7.80. The fourth-order valence-electron chi connectivity index (χ4n) is 5.19. The highest BCUT2D eigenvalue weighted by atomic mass is 32.7. The van der Waals surface area contributed by atoms with Gasteiger partial charge in [-0.15, -0.1) is 0 Å². The summed E-state index contributed by atoms with van der Waals surface area (Å²) in [6, 6.07) is 0. The van der Waals surface area contributed by atoms with Crippen LogP contribution < -0.4 is 11.5 Å². The monoisotopic (exact) mass is 676 g/mol. The highest BCUT2D eigenvalue weighted by Crippen LogP contribution is 2.58. The van der Waals surface area contributed by atoms with Gasteiger partial charge < -0.3 is 30.9 Å². The van der Waals surface area contributed by atoms with E-state index in [-0.39, 0.29) is 34.0 Å².